The summed E-state index contributed by atoms with van der Waals surface area (Å²) in [4.78, 5) is 45.6. The van der Waals surface area contributed by atoms with Gasteiger partial charge in [-0.25, -0.2) is 0 Å². The molecule has 0 aliphatic carbocycles. The summed E-state index contributed by atoms with van der Waals surface area (Å²) in [6.07, 6.45) is 12.6. The van der Waals surface area contributed by atoms with Crippen molar-refractivity contribution >= 4 is 29.5 Å². The number of carbonyl (C=O) groups excluding carboxylic acids is 3. The molecule has 1 spiro atoms. The number of aliphatic hydroxyl groups excluding tert-OH is 1. The van der Waals surface area contributed by atoms with Gasteiger partial charge in [0.1, 0.15) is 6.04 Å². The first kappa shape index (κ1) is 26.0. The average Bonchev–Trinajstić information content (AvgIpc) is 3.30. The number of amides is 2. The molecule has 4 aliphatic heterocycles. The second-order valence-electron chi connectivity index (χ2n) is 10.3. The van der Waals surface area contributed by atoms with E-state index in [1.807, 2.05) is 53.5 Å². The zero-order valence-corrected chi connectivity index (χ0v) is 22.1. The van der Waals surface area contributed by atoms with E-state index in [9.17, 15) is 19.5 Å². The molecule has 37 heavy (non-hydrogen) atoms. The Morgan fingerprint density at radius 2 is 1.95 bits per heavy atom. The molecule has 2 amide bonds. The molecule has 2 saturated heterocycles. The lowest BCUT2D eigenvalue weighted by Crippen LogP contribution is -2.54. The average molecular weight is 525 g/mol. The third kappa shape index (κ3) is 4.52. The number of esters is 1. The minimum Gasteiger partial charge on any atom is -0.465 e. The lowest BCUT2D eigenvalue weighted by Gasteiger charge is -2.38. The van der Waals surface area contributed by atoms with E-state index < -0.39 is 28.7 Å². The molecule has 1 aromatic rings. The normalized spacial score (nSPS) is 33.3. The van der Waals surface area contributed by atoms with Crippen LogP contribution in [0.2, 0.25) is 0 Å². The van der Waals surface area contributed by atoms with Crippen LogP contribution in [0.25, 0.3) is 0 Å². The van der Waals surface area contributed by atoms with Crippen molar-refractivity contribution < 1.29 is 24.2 Å². The largest absolute Gasteiger partial charge is 0.465 e. The highest BCUT2D eigenvalue weighted by molar-refractivity contribution is 8.02. The van der Waals surface area contributed by atoms with E-state index in [4.69, 9.17) is 4.74 Å². The van der Waals surface area contributed by atoms with Gasteiger partial charge in [-0.05, 0) is 31.2 Å². The van der Waals surface area contributed by atoms with Gasteiger partial charge in [0, 0.05) is 18.3 Å². The van der Waals surface area contributed by atoms with Crippen molar-refractivity contribution in [3.63, 3.8) is 0 Å². The third-order valence-corrected chi connectivity index (χ3v) is 9.84. The van der Waals surface area contributed by atoms with E-state index in [1.165, 1.54) is 0 Å². The van der Waals surface area contributed by atoms with Crippen LogP contribution in [0.4, 0.5) is 0 Å². The predicted molar refractivity (Wildman–Crippen MR) is 143 cm³/mol. The Morgan fingerprint density at radius 1 is 1.14 bits per heavy atom. The molecule has 1 aromatic carbocycles. The summed E-state index contributed by atoms with van der Waals surface area (Å²) in [6.45, 7) is 3.18. The summed E-state index contributed by atoms with van der Waals surface area (Å²) >= 11 is 1.55. The molecule has 2 fully saturated rings. The highest BCUT2D eigenvalue weighted by Crippen LogP contribution is 2.61. The minimum atomic E-state index is -0.913. The van der Waals surface area contributed by atoms with Crippen molar-refractivity contribution in [2.75, 3.05) is 26.3 Å². The molecule has 4 heterocycles. The quantitative estimate of drug-likeness (QED) is 0.453. The van der Waals surface area contributed by atoms with Crippen LogP contribution in [0, 0.1) is 11.8 Å². The predicted octanol–water partition coefficient (Wildman–Crippen LogP) is 3.50. The second-order valence-corrected chi connectivity index (χ2v) is 11.8. The van der Waals surface area contributed by atoms with E-state index in [-0.39, 0.29) is 29.6 Å². The highest BCUT2D eigenvalue weighted by atomic mass is 32.2. The van der Waals surface area contributed by atoms with Gasteiger partial charge in [0.25, 0.3) is 0 Å². The third-order valence-electron chi connectivity index (χ3n) is 8.10. The van der Waals surface area contributed by atoms with Crippen LogP contribution in [0.15, 0.2) is 54.6 Å². The molecule has 5 rings (SSSR count). The lowest BCUT2D eigenvalue weighted by atomic mass is 9.78. The standard InChI is InChI=1S/C29H36N2O5S/c1-2-3-16-30-17-11-15-29-24(23-22(37-29)14-9-4-5-10-18-36-28(23)35)26(33)31(25(29)27(30)34)21(19-32)20-12-7-6-8-13-20/h6-9,11-15,21-25,32H,2-5,10,16-19H2,1H3/b14-9-/t21-,22+,23-,24+,25?,29+/m1/s1. The van der Waals surface area contributed by atoms with Gasteiger partial charge >= 0.3 is 5.97 Å². The molecule has 8 heteroatoms. The number of allylic oxidation sites excluding steroid dienone is 1. The fourth-order valence-electron chi connectivity index (χ4n) is 6.32. The topological polar surface area (TPSA) is 87.2 Å². The van der Waals surface area contributed by atoms with Crippen LogP contribution in [0.5, 0.6) is 0 Å². The number of thioether (sulfide) groups is 1. The molecule has 198 valence electrons. The van der Waals surface area contributed by atoms with Crippen molar-refractivity contribution in [3.8, 4) is 0 Å². The van der Waals surface area contributed by atoms with Crippen LogP contribution in [-0.2, 0) is 19.1 Å². The van der Waals surface area contributed by atoms with Crippen LogP contribution in [0.3, 0.4) is 0 Å². The maximum absolute atomic E-state index is 14.4. The first-order valence-corrected chi connectivity index (χ1v) is 14.4. The van der Waals surface area contributed by atoms with E-state index >= 15 is 0 Å². The highest BCUT2D eigenvalue weighted by Gasteiger charge is 2.71. The van der Waals surface area contributed by atoms with Crippen molar-refractivity contribution in [1.29, 1.82) is 0 Å². The van der Waals surface area contributed by atoms with Crippen LogP contribution >= 0.6 is 11.8 Å². The SMILES string of the molecule is CCCCN1CC=C[C@]23S[C@H]4/C=C\CCCCOC(=O)[C@H]4[C@H]2C(=O)N([C@H](CO)c2ccccc2)C3C1=O. The first-order chi connectivity index (χ1) is 18.0. The molecule has 1 unspecified atom stereocenters. The number of likely N-dealkylation sites (tertiary alicyclic amines) is 1. The number of nitrogens with zero attached hydrogens (tertiary/aromatic N) is 2. The number of fused-ring (bicyclic) bond motifs is 2. The Labute approximate surface area is 222 Å². The van der Waals surface area contributed by atoms with E-state index in [0.717, 1.165) is 37.7 Å². The lowest BCUT2D eigenvalue weighted by molar-refractivity contribution is -0.153. The van der Waals surface area contributed by atoms with Gasteiger partial charge in [0.05, 0.1) is 35.8 Å². The molecule has 1 N–H and O–H groups in total. The molecule has 0 radical (unpaired) electrons. The Morgan fingerprint density at radius 3 is 2.70 bits per heavy atom. The number of cyclic esters (lactones) is 1. The van der Waals surface area contributed by atoms with Crippen molar-refractivity contribution in [1.82, 2.24) is 9.80 Å². The van der Waals surface area contributed by atoms with Crippen molar-refractivity contribution in [2.45, 2.75) is 61.1 Å². The van der Waals surface area contributed by atoms with Crippen LogP contribution < -0.4 is 0 Å². The number of benzene rings is 1. The van der Waals surface area contributed by atoms with Crippen LogP contribution in [0.1, 0.15) is 50.6 Å². The van der Waals surface area contributed by atoms with Gasteiger partial charge in [-0.15, -0.1) is 11.8 Å². The van der Waals surface area contributed by atoms with Gasteiger partial charge in [-0.3, -0.25) is 14.4 Å². The fraction of sp³-hybridized carbons (Fsp3) is 0.552. The maximum Gasteiger partial charge on any atom is 0.311 e. The smallest absolute Gasteiger partial charge is 0.311 e. The number of unbranched alkanes of at least 4 members (excludes halogenated alkanes) is 1. The summed E-state index contributed by atoms with van der Waals surface area (Å²) in [7, 11) is 0. The molecule has 0 bridgehead atoms. The number of ether oxygens (including phenoxy) is 1. The molecule has 7 nitrogen and oxygen atoms in total. The van der Waals surface area contributed by atoms with E-state index in [1.54, 1.807) is 16.7 Å². The maximum atomic E-state index is 14.4. The number of hydrogen-bond acceptors (Lipinski definition) is 6. The molecular weight excluding hydrogens is 488 g/mol. The molecule has 4 aliphatic rings. The van der Waals surface area contributed by atoms with Gasteiger partial charge in [-0.1, -0.05) is 68.0 Å². The zero-order chi connectivity index (χ0) is 26.0. The van der Waals surface area contributed by atoms with Crippen molar-refractivity contribution in [2.24, 2.45) is 11.8 Å². The van der Waals surface area contributed by atoms with Gasteiger partial charge in [0.15, 0.2) is 0 Å². The van der Waals surface area contributed by atoms with Crippen LogP contribution in [-0.4, -0.2) is 75.0 Å². The summed E-state index contributed by atoms with van der Waals surface area (Å²) in [5, 5.41) is 10.3. The van der Waals surface area contributed by atoms with Crippen molar-refractivity contribution in [3.05, 3.63) is 60.2 Å². The monoisotopic (exact) mass is 524 g/mol. The summed E-state index contributed by atoms with van der Waals surface area (Å²) in [6, 6.07) is 7.86. The molecule has 0 aromatic heterocycles. The molecular formula is C29H36N2O5S. The number of hydrogen-bond donors (Lipinski definition) is 1. The number of carbonyl (C=O) groups is 3. The Bertz CT molecular complexity index is 1080. The van der Waals surface area contributed by atoms with E-state index in [0.29, 0.717) is 19.7 Å². The van der Waals surface area contributed by atoms with Gasteiger partial charge < -0.3 is 19.6 Å². The minimum absolute atomic E-state index is 0.114. The Hall–Kier alpha value is -2.58. The molecule has 0 saturated carbocycles. The summed E-state index contributed by atoms with van der Waals surface area (Å²) in [5.41, 5.74) is 0.768. The van der Waals surface area contributed by atoms with E-state index in [2.05, 4.69) is 13.0 Å². The number of rotatable bonds is 6. The fourth-order valence-corrected chi connectivity index (χ4v) is 8.31. The first-order valence-electron chi connectivity index (χ1n) is 13.5. The summed E-state index contributed by atoms with van der Waals surface area (Å²) in [5.74, 6) is -2.17. The van der Waals surface area contributed by atoms with Gasteiger partial charge in [0.2, 0.25) is 11.8 Å². The zero-order valence-electron chi connectivity index (χ0n) is 21.3. The number of aliphatic hydroxyl groups is 1. The second kappa shape index (κ2) is 11.0. The van der Waals surface area contributed by atoms with Gasteiger partial charge in [-0.2, -0.15) is 0 Å². The summed E-state index contributed by atoms with van der Waals surface area (Å²) < 4.78 is 4.77. The molecule has 6 atom stereocenters. The Balaban J connectivity index is 1.64. The Kier molecular flexibility index (Phi) is 7.77.